The molecule has 0 atom stereocenters. The average Bonchev–Trinajstić information content (AvgIpc) is 3.10. The van der Waals surface area contributed by atoms with E-state index in [1.165, 1.54) is 21.1 Å². The van der Waals surface area contributed by atoms with Gasteiger partial charge in [-0.25, -0.2) is 18.3 Å². The zero-order valence-electron chi connectivity index (χ0n) is 16.2. The predicted molar refractivity (Wildman–Crippen MR) is 117 cm³/mol. The van der Waals surface area contributed by atoms with Crippen LogP contribution in [0.25, 0.3) is 16.7 Å². The minimum absolute atomic E-state index is 0.153. The fraction of sp³-hybridized carbons (Fsp3) is 0.0870. The lowest BCUT2D eigenvalue weighted by Crippen LogP contribution is -2.27. The maximum Gasteiger partial charge on any atom is 0.352 e. The van der Waals surface area contributed by atoms with Gasteiger partial charge in [0.1, 0.15) is 5.82 Å². The summed E-state index contributed by atoms with van der Waals surface area (Å²) in [5.41, 5.74) is 0.764. The molecular weight excluding hydrogens is 419 g/mol. The molecule has 154 valence electrons. The molecule has 5 rings (SSSR count). The molecule has 0 saturated carbocycles. The third-order valence-electron chi connectivity index (χ3n) is 5.24. The molecule has 2 aromatic heterocycles. The summed E-state index contributed by atoms with van der Waals surface area (Å²) in [6, 6.07) is 20.6. The van der Waals surface area contributed by atoms with Gasteiger partial charge in [-0.2, -0.15) is 0 Å². The molecule has 0 radical (unpaired) electrons. The number of nitrogens with zero attached hydrogens (tertiary/aromatic N) is 4. The van der Waals surface area contributed by atoms with Crippen LogP contribution < -0.4 is 11.2 Å². The van der Waals surface area contributed by atoms with E-state index in [2.05, 4.69) is 5.10 Å². The van der Waals surface area contributed by atoms with Crippen molar-refractivity contribution in [3.63, 3.8) is 0 Å². The van der Waals surface area contributed by atoms with Crippen molar-refractivity contribution in [2.24, 2.45) is 0 Å². The van der Waals surface area contributed by atoms with Crippen molar-refractivity contribution in [2.75, 3.05) is 0 Å². The Kier molecular flexibility index (Phi) is 4.67. The number of rotatable bonds is 4. The van der Waals surface area contributed by atoms with Crippen molar-refractivity contribution < 1.29 is 4.39 Å². The van der Waals surface area contributed by atoms with Crippen LogP contribution in [0.15, 0.2) is 82.4 Å². The SMILES string of the molecule is O=c1c2ccccc2n2c(=O)n(Cc3c(F)cccc3Cl)nc2n1Cc1ccccc1. The van der Waals surface area contributed by atoms with Crippen molar-refractivity contribution >= 4 is 28.3 Å². The van der Waals surface area contributed by atoms with Crippen LogP contribution in [-0.4, -0.2) is 18.7 Å². The molecule has 8 heteroatoms. The zero-order valence-corrected chi connectivity index (χ0v) is 17.0. The molecule has 0 bridgehead atoms. The highest BCUT2D eigenvalue weighted by Crippen LogP contribution is 2.20. The first-order valence-corrected chi connectivity index (χ1v) is 10.0. The highest BCUT2D eigenvalue weighted by molar-refractivity contribution is 6.31. The number of para-hydroxylation sites is 1. The van der Waals surface area contributed by atoms with Gasteiger partial charge in [0.15, 0.2) is 0 Å². The monoisotopic (exact) mass is 434 g/mol. The second-order valence-corrected chi connectivity index (χ2v) is 7.58. The largest absolute Gasteiger partial charge is 0.352 e. The summed E-state index contributed by atoms with van der Waals surface area (Å²) in [5, 5.41) is 5.01. The molecule has 0 unspecified atom stereocenters. The number of hydrogen-bond donors (Lipinski definition) is 0. The molecule has 31 heavy (non-hydrogen) atoms. The van der Waals surface area contributed by atoms with E-state index in [1.54, 1.807) is 30.3 Å². The highest BCUT2D eigenvalue weighted by atomic mass is 35.5. The molecule has 0 fully saturated rings. The van der Waals surface area contributed by atoms with Gasteiger partial charge in [0, 0.05) is 10.6 Å². The molecule has 0 spiro atoms. The lowest BCUT2D eigenvalue weighted by molar-refractivity contribution is 0.578. The van der Waals surface area contributed by atoms with Gasteiger partial charge in [-0.05, 0) is 29.8 Å². The van der Waals surface area contributed by atoms with Gasteiger partial charge in [0.05, 0.1) is 24.0 Å². The van der Waals surface area contributed by atoms with E-state index in [-0.39, 0.29) is 35.0 Å². The van der Waals surface area contributed by atoms with Crippen LogP contribution in [0.2, 0.25) is 5.02 Å². The van der Waals surface area contributed by atoms with Crippen LogP contribution in [0, 0.1) is 5.82 Å². The molecule has 5 aromatic rings. The van der Waals surface area contributed by atoms with Crippen LogP contribution in [0.1, 0.15) is 11.1 Å². The third-order valence-corrected chi connectivity index (χ3v) is 5.59. The molecule has 0 saturated heterocycles. The number of aromatic nitrogens is 4. The quantitative estimate of drug-likeness (QED) is 0.433. The first-order chi connectivity index (χ1) is 15.0. The Bertz CT molecular complexity index is 1530. The minimum atomic E-state index is -0.525. The van der Waals surface area contributed by atoms with Gasteiger partial charge in [-0.1, -0.05) is 60.1 Å². The summed E-state index contributed by atoms with van der Waals surface area (Å²) in [6.45, 7) is 0.0881. The van der Waals surface area contributed by atoms with Crippen molar-refractivity contribution in [1.82, 2.24) is 18.7 Å². The molecule has 0 amide bonds. The molecule has 0 aliphatic carbocycles. The summed E-state index contributed by atoms with van der Waals surface area (Å²) in [6.07, 6.45) is 0. The molecule has 0 aliphatic rings. The molecule has 0 N–H and O–H groups in total. The Balaban J connectivity index is 1.78. The summed E-state index contributed by atoms with van der Waals surface area (Å²) in [4.78, 5) is 26.5. The smallest absolute Gasteiger partial charge is 0.272 e. The number of hydrogen-bond acceptors (Lipinski definition) is 3. The first-order valence-electron chi connectivity index (χ1n) is 9.62. The Labute approximate surface area is 180 Å². The Morgan fingerprint density at radius 3 is 2.39 bits per heavy atom. The standard InChI is InChI=1S/C23H16ClFN4O2/c24-18-10-6-11-19(25)17(18)14-28-23(31)29-20-12-5-4-9-16(20)21(30)27(22(29)26-28)13-15-7-2-1-3-8-15/h1-12H,13-14H2. The molecular formula is C23H16ClFN4O2. The maximum atomic E-state index is 14.3. The van der Waals surface area contributed by atoms with Gasteiger partial charge in [0.25, 0.3) is 5.56 Å². The van der Waals surface area contributed by atoms with Gasteiger partial charge in [-0.15, -0.1) is 5.10 Å². The van der Waals surface area contributed by atoms with E-state index >= 15 is 0 Å². The van der Waals surface area contributed by atoms with Crippen LogP contribution in [0.3, 0.4) is 0 Å². The lowest BCUT2D eigenvalue weighted by atomic mass is 10.2. The number of fused-ring (bicyclic) bond motifs is 3. The topological polar surface area (TPSA) is 61.3 Å². The third kappa shape index (κ3) is 3.23. The highest BCUT2D eigenvalue weighted by Gasteiger charge is 2.19. The Hall–Kier alpha value is -3.71. The molecule has 3 aromatic carbocycles. The lowest BCUT2D eigenvalue weighted by Gasteiger charge is -2.09. The van der Waals surface area contributed by atoms with E-state index < -0.39 is 11.5 Å². The average molecular weight is 435 g/mol. The predicted octanol–water partition coefficient (Wildman–Crippen LogP) is 3.70. The minimum Gasteiger partial charge on any atom is -0.272 e. The summed E-state index contributed by atoms with van der Waals surface area (Å²) in [5.74, 6) is -0.340. The summed E-state index contributed by atoms with van der Waals surface area (Å²) in [7, 11) is 0. The number of halogens is 2. The van der Waals surface area contributed by atoms with E-state index in [0.29, 0.717) is 10.9 Å². The maximum absolute atomic E-state index is 14.3. The molecule has 0 aliphatic heterocycles. The van der Waals surface area contributed by atoms with Crippen molar-refractivity contribution in [3.05, 3.63) is 116 Å². The van der Waals surface area contributed by atoms with Crippen molar-refractivity contribution in [2.45, 2.75) is 13.1 Å². The van der Waals surface area contributed by atoms with Crippen LogP contribution in [0.5, 0.6) is 0 Å². The van der Waals surface area contributed by atoms with Gasteiger partial charge >= 0.3 is 5.69 Å². The normalized spacial score (nSPS) is 11.4. The van der Waals surface area contributed by atoms with Gasteiger partial charge in [-0.3, -0.25) is 9.36 Å². The zero-order chi connectivity index (χ0) is 21.5. The van der Waals surface area contributed by atoms with E-state index in [4.69, 9.17) is 11.6 Å². The van der Waals surface area contributed by atoms with Crippen molar-refractivity contribution in [3.8, 4) is 0 Å². The summed E-state index contributed by atoms with van der Waals surface area (Å²) < 4.78 is 18.3. The van der Waals surface area contributed by atoms with Crippen molar-refractivity contribution in [1.29, 1.82) is 0 Å². The van der Waals surface area contributed by atoms with Crippen LogP contribution in [0.4, 0.5) is 4.39 Å². The second-order valence-electron chi connectivity index (χ2n) is 7.17. The summed E-state index contributed by atoms with van der Waals surface area (Å²) >= 11 is 6.14. The van der Waals surface area contributed by atoms with E-state index in [9.17, 15) is 14.0 Å². The second kappa shape index (κ2) is 7.52. The molecule has 6 nitrogen and oxygen atoms in total. The van der Waals surface area contributed by atoms with Gasteiger partial charge < -0.3 is 0 Å². The fourth-order valence-electron chi connectivity index (χ4n) is 3.71. The Morgan fingerprint density at radius 2 is 1.61 bits per heavy atom. The van der Waals surface area contributed by atoms with Gasteiger partial charge in [0.2, 0.25) is 5.78 Å². The number of benzene rings is 3. The molecule has 2 heterocycles. The van der Waals surface area contributed by atoms with E-state index in [0.717, 1.165) is 10.2 Å². The van der Waals surface area contributed by atoms with Crippen LogP contribution in [-0.2, 0) is 13.1 Å². The fourth-order valence-corrected chi connectivity index (χ4v) is 3.94. The first kappa shape index (κ1) is 19.3. The van der Waals surface area contributed by atoms with E-state index in [1.807, 2.05) is 30.3 Å². The van der Waals surface area contributed by atoms with Crippen LogP contribution >= 0.6 is 11.6 Å². The Morgan fingerprint density at radius 1 is 0.871 bits per heavy atom.